The van der Waals surface area contributed by atoms with Crippen molar-refractivity contribution in [2.24, 2.45) is 10.9 Å². The second kappa shape index (κ2) is 7.68. The Kier molecular flexibility index (Phi) is 5.85. The molecule has 0 aromatic heterocycles. The number of oxime groups is 1. The fraction of sp³-hybridized carbons (Fsp3) is 0.176. The minimum absolute atomic E-state index is 0.0955. The average molecular weight is 412 g/mol. The van der Waals surface area contributed by atoms with Gasteiger partial charge in [0.2, 0.25) is 5.60 Å². The molecule has 0 spiro atoms. The summed E-state index contributed by atoms with van der Waals surface area (Å²) in [4.78, 5) is 17.1. The molecule has 2 aromatic carbocycles. The average Bonchev–Trinajstić information content (AvgIpc) is 2.55. The number of ether oxygens (including phenoxy) is 1. The standard InChI is InChI=1S/C17H16BrClN2O3/c1-17(2,23-14-9-7-13(19)8-10-14)16(22)24-21-15(20)11-3-5-12(18)6-4-11/h3-10H,1-2H3,(H2,20,21). The van der Waals surface area contributed by atoms with Crippen LogP contribution in [0.4, 0.5) is 0 Å². The van der Waals surface area contributed by atoms with Gasteiger partial charge in [-0.05, 0) is 50.2 Å². The molecule has 0 saturated carbocycles. The maximum absolute atomic E-state index is 12.2. The van der Waals surface area contributed by atoms with E-state index in [1.165, 1.54) is 0 Å². The topological polar surface area (TPSA) is 73.9 Å². The van der Waals surface area contributed by atoms with Gasteiger partial charge in [-0.15, -0.1) is 0 Å². The Hall–Kier alpha value is -2.05. The molecule has 2 aromatic rings. The monoisotopic (exact) mass is 410 g/mol. The van der Waals surface area contributed by atoms with E-state index in [1.807, 2.05) is 12.1 Å². The van der Waals surface area contributed by atoms with Crippen LogP contribution in [0.1, 0.15) is 19.4 Å². The number of benzene rings is 2. The van der Waals surface area contributed by atoms with Gasteiger partial charge in [0.05, 0.1) is 0 Å². The summed E-state index contributed by atoms with van der Waals surface area (Å²) in [6.07, 6.45) is 0. The highest BCUT2D eigenvalue weighted by molar-refractivity contribution is 9.10. The van der Waals surface area contributed by atoms with Crippen LogP contribution in [-0.2, 0) is 9.63 Å². The predicted molar refractivity (Wildman–Crippen MR) is 97.1 cm³/mol. The van der Waals surface area contributed by atoms with Crippen LogP contribution in [0.15, 0.2) is 58.2 Å². The molecule has 2 N–H and O–H groups in total. The van der Waals surface area contributed by atoms with Crippen LogP contribution < -0.4 is 10.5 Å². The van der Waals surface area contributed by atoms with E-state index in [-0.39, 0.29) is 5.84 Å². The highest BCUT2D eigenvalue weighted by atomic mass is 79.9. The summed E-state index contributed by atoms with van der Waals surface area (Å²) in [5, 5.41) is 4.25. The largest absolute Gasteiger partial charge is 0.476 e. The molecule has 5 nitrogen and oxygen atoms in total. The van der Waals surface area contributed by atoms with E-state index in [2.05, 4.69) is 21.1 Å². The number of nitrogens with two attached hydrogens (primary N) is 1. The first-order chi connectivity index (χ1) is 11.3. The summed E-state index contributed by atoms with van der Waals surface area (Å²) < 4.78 is 6.53. The lowest BCUT2D eigenvalue weighted by molar-refractivity contribution is -0.159. The number of carbonyl (C=O) groups excluding carboxylic acids is 1. The van der Waals surface area contributed by atoms with Crippen LogP contribution >= 0.6 is 27.5 Å². The van der Waals surface area contributed by atoms with Crippen molar-refractivity contribution in [2.75, 3.05) is 0 Å². The highest BCUT2D eigenvalue weighted by Crippen LogP contribution is 2.22. The van der Waals surface area contributed by atoms with Gasteiger partial charge in [-0.1, -0.05) is 44.8 Å². The number of hydrogen-bond acceptors (Lipinski definition) is 4. The Bertz CT molecular complexity index is 743. The zero-order valence-corrected chi connectivity index (χ0v) is 15.5. The minimum atomic E-state index is -1.24. The van der Waals surface area contributed by atoms with Crippen molar-refractivity contribution in [1.29, 1.82) is 0 Å². The molecule has 0 bridgehead atoms. The molecule has 7 heteroatoms. The van der Waals surface area contributed by atoms with Crippen molar-refractivity contribution in [3.63, 3.8) is 0 Å². The van der Waals surface area contributed by atoms with Gasteiger partial charge in [0.15, 0.2) is 5.84 Å². The molecule has 2 rings (SSSR count). The second-order valence-corrected chi connectivity index (χ2v) is 6.78. The Balaban J connectivity index is 2.02. The molecule has 0 amide bonds. The van der Waals surface area contributed by atoms with E-state index >= 15 is 0 Å². The summed E-state index contributed by atoms with van der Waals surface area (Å²) in [7, 11) is 0. The molecular formula is C17H16BrClN2O3. The molecule has 0 radical (unpaired) electrons. The fourth-order valence-electron chi connectivity index (χ4n) is 1.71. The highest BCUT2D eigenvalue weighted by Gasteiger charge is 2.32. The van der Waals surface area contributed by atoms with Crippen LogP contribution in [0.25, 0.3) is 0 Å². The van der Waals surface area contributed by atoms with Gasteiger partial charge in [0.25, 0.3) is 0 Å². The SMILES string of the molecule is CC(C)(Oc1ccc(Cl)cc1)C(=O)ON=C(N)c1ccc(Br)cc1. The molecule has 0 aliphatic carbocycles. The van der Waals surface area contributed by atoms with Crippen molar-refractivity contribution in [3.05, 3.63) is 63.6 Å². The Morgan fingerprint density at radius 3 is 2.29 bits per heavy atom. The first-order valence-corrected chi connectivity index (χ1v) is 8.20. The van der Waals surface area contributed by atoms with Crippen molar-refractivity contribution >= 4 is 39.3 Å². The molecule has 0 aliphatic rings. The summed E-state index contributed by atoms with van der Waals surface area (Å²) in [5.74, 6) is -0.0816. The van der Waals surface area contributed by atoms with Gasteiger partial charge >= 0.3 is 5.97 Å². The van der Waals surface area contributed by atoms with Crippen LogP contribution in [0.3, 0.4) is 0 Å². The number of halogens is 2. The first kappa shape index (κ1) is 18.3. The molecular weight excluding hydrogens is 396 g/mol. The van der Waals surface area contributed by atoms with Crippen molar-refractivity contribution in [1.82, 2.24) is 0 Å². The normalized spacial score (nSPS) is 11.9. The Labute approximate surface area is 153 Å². The maximum atomic E-state index is 12.2. The van der Waals surface area contributed by atoms with Crippen LogP contribution in [0.5, 0.6) is 5.75 Å². The van der Waals surface area contributed by atoms with E-state index in [9.17, 15) is 4.79 Å². The smallest absolute Gasteiger partial charge is 0.377 e. The third-order valence-electron chi connectivity index (χ3n) is 3.05. The Morgan fingerprint density at radius 2 is 1.71 bits per heavy atom. The predicted octanol–water partition coefficient (Wildman–Crippen LogP) is 4.12. The van der Waals surface area contributed by atoms with E-state index in [0.29, 0.717) is 16.3 Å². The number of hydrogen-bond donors (Lipinski definition) is 1. The molecule has 0 fully saturated rings. The van der Waals surface area contributed by atoms with Gasteiger partial charge < -0.3 is 15.3 Å². The number of nitrogens with zero attached hydrogens (tertiary/aromatic N) is 1. The first-order valence-electron chi connectivity index (χ1n) is 7.03. The van der Waals surface area contributed by atoms with Crippen molar-refractivity contribution in [2.45, 2.75) is 19.4 Å². The number of carbonyl (C=O) groups is 1. The molecule has 24 heavy (non-hydrogen) atoms. The molecule has 0 heterocycles. The third-order valence-corrected chi connectivity index (χ3v) is 3.83. The van der Waals surface area contributed by atoms with Crippen molar-refractivity contribution < 1.29 is 14.4 Å². The van der Waals surface area contributed by atoms with Gasteiger partial charge in [-0.25, -0.2) is 4.79 Å². The van der Waals surface area contributed by atoms with Crippen LogP contribution in [0.2, 0.25) is 5.02 Å². The lowest BCUT2D eigenvalue weighted by Crippen LogP contribution is -2.39. The number of rotatable bonds is 5. The van der Waals surface area contributed by atoms with E-state index < -0.39 is 11.6 Å². The lowest BCUT2D eigenvalue weighted by Gasteiger charge is -2.22. The summed E-state index contributed by atoms with van der Waals surface area (Å²) in [6.45, 7) is 3.16. The molecule has 0 atom stereocenters. The number of amidine groups is 1. The summed E-state index contributed by atoms with van der Waals surface area (Å²) in [6, 6.07) is 13.8. The van der Waals surface area contributed by atoms with Crippen LogP contribution in [-0.4, -0.2) is 17.4 Å². The molecule has 0 unspecified atom stereocenters. The molecule has 0 aliphatic heterocycles. The minimum Gasteiger partial charge on any atom is -0.476 e. The van der Waals surface area contributed by atoms with Crippen LogP contribution in [0, 0.1) is 0 Å². The van der Waals surface area contributed by atoms with E-state index in [0.717, 1.165) is 4.47 Å². The van der Waals surface area contributed by atoms with Crippen molar-refractivity contribution in [3.8, 4) is 5.75 Å². The zero-order valence-electron chi connectivity index (χ0n) is 13.1. The van der Waals surface area contributed by atoms with E-state index in [4.69, 9.17) is 26.9 Å². The zero-order chi connectivity index (χ0) is 17.7. The summed E-state index contributed by atoms with van der Waals surface area (Å²) >= 11 is 9.14. The quantitative estimate of drug-likeness (QED) is 0.347. The molecule has 126 valence electrons. The lowest BCUT2D eigenvalue weighted by atomic mass is 10.1. The summed E-state index contributed by atoms with van der Waals surface area (Å²) in [5.41, 5.74) is 5.21. The maximum Gasteiger partial charge on any atom is 0.377 e. The second-order valence-electron chi connectivity index (χ2n) is 5.43. The van der Waals surface area contributed by atoms with Gasteiger partial charge in [0.1, 0.15) is 5.75 Å². The Morgan fingerprint density at radius 1 is 1.12 bits per heavy atom. The third kappa shape index (κ3) is 4.97. The van der Waals surface area contributed by atoms with Gasteiger partial charge in [0, 0.05) is 15.1 Å². The molecule has 0 saturated heterocycles. The van der Waals surface area contributed by atoms with E-state index in [1.54, 1.807) is 50.2 Å². The fourth-order valence-corrected chi connectivity index (χ4v) is 2.10. The van der Waals surface area contributed by atoms with Gasteiger partial charge in [-0.3, -0.25) is 0 Å². The van der Waals surface area contributed by atoms with Gasteiger partial charge in [-0.2, -0.15) is 0 Å².